The molecule has 0 saturated carbocycles. The SMILES string of the molecule is COC1(COc2ccccc2)CCCN(C(=O)c2ncccc2O)C1. The molecule has 1 N–H and O–H groups in total. The van der Waals surface area contributed by atoms with Gasteiger partial charge in [0.2, 0.25) is 0 Å². The number of piperidine rings is 1. The lowest BCUT2D eigenvalue weighted by Gasteiger charge is -2.41. The normalized spacial score (nSPS) is 20.3. The van der Waals surface area contributed by atoms with E-state index in [2.05, 4.69) is 4.98 Å². The first kappa shape index (κ1) is 17.2. The zero-order valence-corrected chi connectivity index (χ0v) is 14.2. The molecule has 0 radical (unpaired) electrons. The van der Waals surface area contributed by atoms with Crippen LogP contribution in [0.3, 0.4) is 0 Å². The number of aromatic nitrogens is 1. The molecule has 1 aromatic heterocycles. The van der Waals surface area contributed by atoms with Crippen LogP contribution in [0.25, 0.3) is 0 Å². The summed E-state index contributed by atoms with van der Waals surface area (Å²) in [5.41, 5.74) is -0.507. The van der Waals surface area contributed by atoms with Crippen molar-refractivity contribution in [3.63, 3.8) is 0 Å². The number of carbonyl (C=O) groups is 1. The van der Waals surface area contributed by atoms with Crippen LogP contribution in [0, 0.1) is 0 Å². The van der Waals surface area contributed by atoms with E-state index >= 15 is 0 Å². The first-order valence-electron chi connectivity index (χ1n) is 8.30. The van der Waals surface area contributed by atoms with Gasteiger partial charge in [0, 0.05) is 19.9 Å². The monoisotopic (exact) mass is 342 g/mol. The van der Waals surface area contributed by atoms with Gasteiger partial charge in [-0.3, -0.25) is 4.79 Å². The van der Waals surface area contributed by atoms with E-state index in [1.807, 2.05) is 30.3 Å². The maximum Gasteiger partial charge on any atom is 0.276 e. The molecule has 3 rings (SSSR count). The quantitative estimate of drug-likeness (QED) is 0.904. The largest absolute Gasteiger partial charge is 0.505 e. The van der Waals surface area contributed by atoms with E-state index in [0.29, 0.717) is 19.7 Å². The van der Waals surface area contributed by atoms with Gasteiger partial charge in [0.05, 0.1) is 6.54 Å². The molecule has 1 fully saturated rings. The highest BCUT2D eigenvalue weighted by Crippen LogP contribution is 2.28. The number of aromatic hydroxyl groups is 1. The second-order valence-corrected chi connectivity index (χ2v) is 6.19. The fourth-order valence-corrected chi connectivity index (χ4v) is 3.06. The van der Waals surface area contributed by atoms with Gasteiger partial charge >= 0.3 is 0 Å². The fraction of sp³-hybridized carbons (Fsp3) is 0.368. The molecule has 1 unspecified atom stereocenters. The van der Waals surface area contributed by atoms with E-state index in [-0.39, 0.29) is 17.4 Å². The van der Waals surface area contributed by atoms with Gasteiger partial charge < -0.3 is 19.5 Å². The van der Waals surface area contributed by atoms with Crippen LogP contribution in [-0.2, 0) is 4.74 Å². The van der Waals surface area contributed by atoms with Gasteiger partial charge in [-0.25, -0.2) is 4.98 Å². The Labute approximate surface area is 147 Å². The van der Waals surface area contributed by atoms with Crippen molar-refractivity contribution in [3.8, 4) is 11.5 Å². The van der Waals surface area contributed by atoms with E-state index in [1.165, 1.54) is 12.3 Å². The summed E-state index contributed by atoms with van der Waals surface area (Å²) in [6, 6.07) is 12.6. The fourth-order valence-electron chi connectivity index (χ4n) is 3.06. The number of hydrogen-bond donors (Lipinski definition) is 1. The molecule has 1 atom stereocenters. The molecule has 1 amide bonds. The molecule has 25 heavy (non-hydrogen) atoms. The third-order valence-corrected chi connectivity index (χ3v) is 4.49. The van der Waals surface area contributed by atoms with Crippen LogP contribution in [0.2, 0.25) is 0 Å². The molecule has 1 aromatic carbocycles. The average Bonchev–Trinajstić information content (AvgIpc) is 2.67. The molecule has 1 aliphatic rings. The van der Waals surface area contributed by atoms with Crippen molar-refractivity contribution in [3.05, 3.63) is 54.4 Å². The Balaban J connectivity index is 1.71. The summed E-state index contributed by atoms with van der Waals surface area (Å²) in [5, 5.41) is 9.88. The van der Waals surface area contributed by atoms with Gasteiger partial charge in [-0.15, -0.1) is 0 Å². The number of para-hydroxylation sites is 1. The van der Waals surface area contributed by atoms with Crippen molar-refractivity contribution < 1.29 is 19.4 Å². The summed E-state index contributed by atoms with van der Waals surface area (Å²) in [5.74, 6) is 0.366. The number of pyridine rings is 1. The van der Waals surface area contributed by atoms with Crippen LogP contribution in [0.1, 0.15) is 23.3 Å². The zero-order chi connectivity index (χ0) is 17.7. The van der Waals surface area contributed by atoms with Crippen molar-refractivity contribution in [2.75, 3.05) is 26.8 Å². The van der Waals surface area contributed by atoms with E-state index < -0.39 is 5.60 Å². The number of rotatable bonds is 5. The Morgan fingerprint density at radius 3 is 2.80 bits per heavy atom. The maximum absolute atomic E-state index is 12.7. The molecule has 0 aliphatic carbocycles. The van der Waals surface area contributed by atoms with Crippen LogP contribution in [0.4, 0.5) is 0 Å². The molecule has 6 nitrogen and oxygen atoms in total. The van der Waals surface area contributed by atoms with Crippen LogP contribution in [-0.4, -0.2) is 53.3 Å². The van der Waals surface area contributed by atoms with Gasteiger partial charge in [-0.2, -0.15) is 0 Å². The van der Waals surface area contributed by atoms with Crippen LogP contribution in [0.5, 0.6) is 11.5 Å². The molecule has 2 heterocycles. The van der Waals surface area contributed by atoms with Gasteiger partial charge in [0.15, 0.2) is 5.69 Å². The Bertz CT molecular complexity index is 722. The van der Waals surface area contributed by atoms with Gasteiger partial charge in [0.25, 0.3) is 5.91 Å². The maximum atomic E-state index is 12.7. The molecule has 1 aliphatic heterocycles. The van der Waals surface area contributed by atoms with Crippen molar-refractivity contribution in [1.82, 2.24) is 9.88 Å². The molecule has 6 heteroatoms. The topological polar surface area (TPSA) is 71.9 Å². The molecular weight excluding hydrogens is 320 g/mol. The third kappa shape index (κ3) is 3.91. The predicted molar refractivity (Wildman–Crippen MR) is 92.7 cm³/mol. The van der Waals surface area contributed by atoms with Gasteiger partial charge in [-0.1, -0.05) is 18.2 Å². The number of likely N-dealkylation sites (tertiary alicyclic amines) is 1. The number of hydrogen-bond acceptors (Lipinski definition) is 5. The summed E-state index contributed by atoms with van der Waals surface area (Å²) in [6.45, 7) is 1.35. The number of methoxy groups -OCH3 is 1. The highest BCUT2D eigenvalue weighted by atomic mass is 16.5. The Hall–Kier alpha value is -2.60. The van der Waals surface area contributed by atoms with E-state index in [0.717, 1.165) is 18.6 Å². The first-order valence-corrected chi connectivity index (χ1v) is 8.30. The van der Waals surface area contributed by atoms with E-state index in [4.69, 9.17) is 9.47 Å². The molecule has 2 aromatic rings. The summed E-state index contributed by atoms with van der Waals surface area (Å²) in [7, 11) is 1.64. The molecule has 1 saturated heterocycles. The Kier molecular flexibility index (Phi) is 5.19. The number of carbonyl (C=O) groups excluding carboxylic acids is 1. The summed E-state index contributed by atoms with van der Waals surface area (Å²) < 4.78 is 11.6. The second-order valence-electron chi connectivity index (χ2n) is 6.19. The third-order valence-electron chi connectivity index (χ3n) is 4.49. The highest BCUT2D eigenvalue weighted by molar-refractivity contribution is 5.94. The molecule has 0 spiro atoms. The van der Waals surface area contributed by atoms with E-state index in [1.54, 1.807) is 18.1 Å². The van der Waals surface area contributed by atoms with Crippen LogP contribution in [0.15, 0.2) is 48.7 Å². The Morgan fingerprint density at radius 2 is 2.08 bits per heavy atom. The minimum absolute atomic E-state index is 0.0679. The second kappa shape index (κ2) is 7.53. The average molecular weight is 342 g/mol. The summed E-state index contributed by atoms with van der Waals surface area (Å²) in [4.78, 5) is 18.4. The van der Waals surface area contributed by atoms with Crippen molar-refractivity contribution in [2.24, 2.45) is 0 Å². The van der Waals surface area contributed by atoms with Gasteiger partial charge in [0.1, 0.15) is 23.7 Å². The minimum atomic E-state index is -0.575. The Morgan fingerprint density at radius 1 is 1.28 bits per heavy atom. The minimum Gasteiger partial charge on any atom is -0.505 e. The van der Waals surface area contributed by atoms with Crippen LogP contribution >= 0.6 is 0 Å². The lowest BCUT2D eigenvalue weighted by Crippen LogP contribution is -2.54. The van der Waals surface area contributed by atoms with Crippen LogP contribution < -0.4 is 4.74 Å². The predicted octanol–water partition coefficient (Wildman–Crippen LogP) is 2.49. The standard InChI is InChI=1S/C19H22N2O4/c1-24-19(14-25-15-7-3-2-4-8-15)10-6-12-21(13-19)18(23)17-16(22)9-5-11-20-17/h2-5,7-9,11,22H,6,10,12-14H2,1H3. The first-order chi connectivity index (χ1) is 12.1. The van der Waals surface area contributed by atoms with E-state index in [9.17, 15) is 9.90 Å². The summed E-state index contributed by atoms with van der Waals surface area (Å²) >= 11 is 0. The van der Waals surface area contributed by atoms with Crippen molar-refractivity contribution in [2.45, 2.75) is 18.4 Å². The number of ether oxygens (including phenoxy) is 2. The number of nitrogens with zero attached hydrogens (tertiary/aromatic N) is 2. The van der Waals surface area contributed by atoms with Crippen molar-refractivity contribution >= 4 is 5.91 Å². The number of amides is 1. The number of benzene rings is 1. The zero-order valence-electron chi connectivity index (χ0n) is 14.2. The lowest BCUT2D eigenvalue weighted by atomic mass is 9.93. The summed E-state index contributed by atoms with van der Waals surface area (Å²) in [6.07, 6.45) is 3.10. The lowest BCUT2D eigenvalue weighted by molar-refractivity contribution is -0.0825. The molecule has 132 valence electrons. The molecule has 0 bridgehead atoms. The van der Waals surface area contributed by atoms with Gasteiger partial charge in [-0.05, 0) is 37.1 Å². The smallest absolute Gasteiger partial charge is 0.276 e. The van der Waals surface area contributed by atoms with Crippen molar-refractivity contribution in [1.29, 1.82) is 0 Å². The molecular formula is C19H22N2O4. The highest BCUT2D eigenvalue weighted by Gasteiger charge is 2.39.